The summed E-state index contributed by atoms with van der Waals surface area (Å²) < 4.78 is 15.8. The van der Waals surface area contributed by atoms with Gasteiger partial charge in [-0.05, 0) is 0 Å². The number of rotatable bonds is 4. The van der Waals surface area contributed by atoms with Gasteiger partial charge in [-0.2, -0.15) is 0 Å². The van der Waals surface area contributed by atoms with Gasteiger partial charge >= 0.3 is 144 Å². The van der Waals surface area contributed by atoms with E-state index in [4.69, 9.17) is 7.53 Å². The molecule has 0 N–H and O–H groups in total. The molecule has 2 aromatic rings. The molecule has 0 unspecified atom stereocenters. The summed E-state index contributed by atoms with van der Waals surface area (Å²) in [4.78, 5) is 0. The Kier molecular flexibility index (Phi) is 5.39. The standard InChI is InChI=1S/C20H28GeO2/c1-19(2,3)22-21(23-20(4,5)6,17-13-9-7-10-14-17)18-15-11-8-12-16-18/h7-16H,1-6H3. The summed E-state index contributed by atoms with van der Waals surface area (Å²) in [6, 6.07) is 20.9. The molecule has 0 bridgehead atoms. The predicted octanol–water partition coefficient (Wildman–Crippen LogP) is 3.87. The van der Waals surface area contributed by atoms with Gasteiger partial charge in [0.1, 0.15) is 0 Å². The van der Waals surface area contributed by atoms with Gasteiger partial charge in [-0.3, -0.25) is 0 Å². The summed E-state index contributed by atoms with van der Waals surface area (Å²) in [7, 11) is 0. The van der Waals surface area contributed by atoms with Crippen LogP contribution in [0.5, 0.6) is 0 Å². The van der Waals surface area contributed by atoms with Gasteiger partial charge in [0.05, 0.1) is 0 Å². The van der Waals surface area contributed by atoms with E-state index in [1.807, 2.05) is 12.1 Å². The summed E-state index contributed by atoms with van der Waals surface area (Å²) in [6.07, 6.45) is 0. The van der Waals surface area contributed by atoms with E-state index in [2.05, 4.69) is 90.1 Å². The summed E-state index contributed by atoms with van der Waals surface area (Å²) in [5.41, 5.74) is -0.562. The third kappa shape index (κ3) is 4.94. The third-order valence-corrected chi connectivity index (χ3v) is 11.6. The Balaban J connectivity index is 2.68. The molecule has 2 rings (SSSR count). The van der Waals surface area contributed by atoms with Crippen LogP contribution in [0.2, 0.25) is 0 Å². The Morgan fingerprint density at radius 3 is 1.13 bits per heavy atom. The van der Waals surface area contributed by atoms with Crippen molar-refractivity contribution in [3.05, 3.63) is 60.7 Å². The molecule has 0 aliphatic carbocycles. The molecule has 2 aromatic carbocycles. The second-order valence-corrected chi connectivity index (χ2v) is 13.6. The molecule has 0 heterocycles. The van der Waals surface area contributed by atoms with Crippen LogP contribution in [0.3, 0.4) is 0 Å². The monoisotopic (exact) mass is 374 g/mol. The third-order valence-electron chi connectivity index (χ3n) is 3.21. The first-order valence-electron chi connectivity index (χ1n) is 8.14. The van der Waals surface area contributed by atoms with Crippen molar-refractivity contribution in [1.82, 2.24) is 0 Å². The van der Waals surface area contributed by atoms with E-state index >= 15 is 0 Å². The Labute approximate surface area is 143 Å². The Morgan fingerprint density at radius 2 is 0.870 bits per heavy atom. The quantitative estimate of drug-likeness (QED) is 0.758. The van der Waals surface area contributed by atoms with Gasteiger partial charge in [0.15, 0.2) is 0 Å². The van der Waals surface area contributed by atoms with Crippen LogP contribution in [-0.4, -0.2) is 25.1 Å². The van der Waals surface area contributed by atoms with Crippen LogP contribution in [0.25, 0.3) is 0 Å². The van der Waals surface area contributed by atoms with E-state index in [1.54, 1.807) is 0 Å². The maximum absolute atomic E-state index is 6.74. The van der Waals surface area contributed by atoms with Crippen molar-refractivity contribution in [2.75, 3.05) is 0 Å². The van der Waals surface area contributed by atoms with Crippen LogP contribution in [0.4, 0.5) is 0 Å². The molecule has 0 atom stereocenters. The van der Waals surface area contributed by atoms with Crippen molar-refractivity contribution < 1.29 is 7.53 Å². The fourth-order valence-corrected chi connectivity index (χ4v) is 10.6. The molecular formula is C20H28GeO2. The van der Waals surface area contributed by atoms with E-state index < -0.39 is 13.9 Å². The van der Waals surface area contributed by atoms with Crippen molar-refractivity contribution in [1.29, 1.82) is 0 Å². The summed E-state index contributed by atoms with van der Waals surface area (Å²) in [5, 5.41) is 0. The van der Waals surface area contributed by atoms with Gasteiger partial charge in [-0.15, -0.1) is 0 Å². The molecule has 0 saturated heterocycles. The molecule has 3 heteroatoms. The summed E-state index contributed by atoms with van der Waals surface area (Å²) in [6.45, 7) is 12.6. The van der Waals surface area contributed by atoms with Crippen LogP contribution >= 0.6 is 0 Å². The summed E-state index contributed by atoms with van der Waals surface area (Å²) >= 11 is -3.47. The maximum atomic E-state index is 6.74. The zero-order valence-corrected chi connectivity index (χ0v) is 17.2. The molecule has 0 radical (unpaired) electrons. The van der Waals surface area contributed by atoms with Gasteiger partial charge in [0.25, 0.3) is 0 Å². The molecule has 0 fully saturated rings. The number of benzene rings is 2. The van der Waals surface area contributed by atoms with Crippen molar-refractivity contribution in [2.24, 2.45) is 0 Å². The first-order chi connectivity index (χ1) is 10.6. The topological polar surface area (TPSA) is 18.5 Å². The van der Waals surface area contributed by atoms with Gasteiger partial charge in [-0.25, -0.2) is 0 Å². The van der Waals surface area contributed by atoms with Crippen LogP contribution < -0.4 is 8.79 Å². The fourth-order valence-electron chi connectivity index (χ4n) is 2.60. The van der Waals surface area contributed by atoms with Crippen LogP contribution in [-0.2, 0) is 7.53 Å². The van der Waals surface area contributed by atoms with E-state index in [9.17, 15) is 0 Å². The van der Waals surface area contributed by atoms with Gasteiger partial charge < -0.3 is 0 Å². The Bertz CT molecular complexity index is 552. The van der Waals surface area contributed by atoms with E-state index in [1.165, 1.54) is 8.79 Å². The van der Waals surface area contributed by atoms with Gasteiger partial charge in [-0.1, -0.05) is 0 Å². The molecular weight excluding hydrogens is 345 g/mol. The molecule has 0 saturated carbocycles. The second kappa shape index (κ2) is 6.80. The normalized spacial score (nSPS) is 13.1. The molecule has 0 spiro atoms. The first-order valence-corrected chi connectivity index (χ1v) is 11.9. The minimum atomic E-state index is -3.47. The second-order valence-electron chi connectivity index (χ2n) is 7.78. The molecule has 0 aromatic heterocycles. The number of hydrogen-bond acceptors (Lipinski definition) is 2. The van der Waals surface area contributed by atoms with E-state index in [-0.39, 0.29) is 11.2 Å². The van der Waals surface area contributed by atoms with E-state index in [0.717, 1.165) is 0 Å². The van der Waals surface area contributed by atoms with Crippen LogP contribution in [0.15, 0.2) is 60.7 Å². The SMILES string of the molecule is CC(C)(C)[O][Ge]([O]C(C)(C)C)([c]1ccccc1)[c]1ccccc1. The van der Waals surface area contributed by atoms with Crippen molar-refractivity contribution >= 4 is 22.7 Å². The molecule has 23 heavy (non-hydrogen) atoms. The molecule has 124 valence electrons. The van der Waals surface area contributed by atoms with Crippen molar-refractivity contribution in [2.45, 2.75) is 52.7 Å². The van der Waals surface area contributed by atoms with Crippen LogP contribution in [0.1, 0.15) is 41.5 Å². The summed E-state index contributed by atoms with van der Waals surface area (Å²) in [5.74, 6) is 0. The molecule has 0 amide bonds. The average Bonchev–Trinajstić information content (AvgIpc) is 2.45. The van der Waals surface area contributed by atoms with Crippen molar-refractivity contribution in [3.63, 3.8) is 0 Å². The first kappa shape index (κ1) is 18.2. The minimum absolute atomic E-state index is 0.281. The average molecular weight is 373 g/mol. The van der Waals surface area contributed by atoms with Crippen molar-refractivity contribution in [3.8, 4) is 0 Å². The fraction of sp³-hybridized carbons (Fsp3) is 0.400. The predicted molar refractivity (Wildman–Crippen MR) is 99.6 cm³/mol. The number of hydrogen-bond donors (Lipinski definition) is 0. The van der Waals surface area contributed by atoms with E-state index in [0.29, 0.717) is 0 Å². The zero-order chi connectivity index (χ0) is 17.1. The van der Waals surface area contributed by atoms with Crippen LogP contribution in [0, 0.1) is 0 Å². The molecule has 2 nitrogen and oxygen atoms in total. The molecule has 0 aliphatic rings. The molecule has 0 aliphatic heterocycles. The zero-order valence-electron chi connectivity index (χ0n) is 15.1. The Morgan fingerprint density at radius 1 is 0.565 bits per heavy atom. The Hall–Kier alpha value is -1.10. The van der Waals surface area contributed by atoms with Gasteiger partial charge in [0, 0.05) is 0 Å². The van der Waals surface area contributed by atoms with Gasteiger partial charge in [0.2, 0.25) is 0 Å².